The highest BCUT2D eigenvalue weighted by molar-refractivity contribution is 8.13. The lowest BCUT2D eigenvalue weighted by Gasteiger charge is -2.25. The van der Waals surface area contributed by atoms with E-state index in [1.165, 1.54) is 11.1 Å². The molecule has 0 aliphatic rings. The minimum atomic E-state index is 0.781. The number of methoxy groups -OCH3 is 1. The number of hydrogen-bond acceptors (Lipinski definition) is 3. The zero-order chi connectivity index (χ0) is 18.9. The van der Waals surface area contributed by atoms with Crippen molar-refractivity contribution >= 4 is 22.6 Å². The maximum Gasteiger partial charge on any atom is 0.164 e. The molecule has 0 heterocycles. The lowest BCUT2D eigenvalue weighted by molar-refractivity contribution is 0.410. The summed E-state index contributed by atoms with van der Waals surface area (Å²) in [6.07, 6.45) is 2.07. The van der Waals surface area contributed by atoms with Crippen molar-refractivity contribution in [3.05, 3.63) is 96.1 Å². The Morgan fingerprint density at radius 3 is 1.85 bits per heavy atom. The van der Waals surface area contributed by atoms with Crippen molar-refractivity contribution in [2.45, 2.75) is 13.1 Å². The maximum atomic E-state index is 5.47. The fourth-order valence-corrected chi connectivity index (χ4v) is 3.45. The van der Waals surface area contributed by atoms with Crippen LogP contribution in [0.15, 0.2) is 89.9 Å². The van der Waals surface area contributed by atoms with E-state index < -0.39 is 0 Å². The molecular weight excluding hydrogens is 352 g/mol. The molecule has 0 unspecified atom stereocenters. The molecule has 0 spiro atoms. The Morgan fingerprint density at radius 2 is 1.33 bits per heavy atom. The van der Waals surface area contributed by atoms with Gasteiger partial charge < -0.3 is 9.64 Å². The van der Waals surface area contributed by atoms with Gasteiger partial charge in [0, 0.05) is 13.1 Å². The maximum absolute atomic E-state index is 5.47. The van der Waals surface area contributed by atoms with Crippen molar-refractivity contribution in [1.82, 2.24) is 4.90 Å². The second kappa shape index (κ2) is 9.83. The molecule has 0 fully saturated rings. The molecule has 4 heteroatoms. The molecule has 3 aromatic carbocycles. The van der Waals surface area contributed by atoms with E-state index in [4.69, 9.17) is 9.73 Å². The van der Waals surface area contributed by atoms with Crippen LogP contribution in [-0.4, -0.2) is 23.4 Å². The molecule has 0 bridgehead atoms. The summed E-state index contributed by atoms with van der Waals surface area (Å²) in [4.78, 5) is 7.23. The van der Waals surface area contributed by atoms with Gasteiger partial charge in [0.2, 0.25) is 0 Å². The normalized spacial score (nSPS) is 11.3. The van der Waals surface area contributed by atoms with E-state index in [2.05, 4.69) is 59.7 Å². The van der Waals surface area contributed by atoms with Crippen LogP contribution in [0.1, 0.15) is 11.1 Å². The molecule has 138 valence electrons. The molecule has 0 aliphatic carbocycles. The summed E-state index contributed by atoms with van der Waals surface area (Å²) in [7, 11) is 1.68. The number of para-hydroxylation sites is 2. The summed E-state index contributed by atoms with van der Waals surface area (Å²) in [6.45, 7) is 1.59. The monoisotopic (exact) mass is 376 g/mol. The van der Waals surface area contributed by atoms with Gasteiger partial charge in [0.1, 0.15) is 11.4 Å². The van der Waals surface area contributed by atoms with Crippen LogP contribution in [0.25, 0.3) is 0 Å². The number of ether oxygens (including phenoxy) is 1. The first kappa shape index (κ1) is 19.1. The molecule has 0 atom stereocenters. The van der Waals surface area contributed by atoms with E-state index in [0.29, 0.717) is 0 Å². The third-order valence-corrected chi connectivity index (χ3v) is 4.90. The van der Waals surface area contributed by atoms with Crippen molar-refractivity contribution in [3.63, 3.8) is 0 Å². The molecule has 0 aliphatic heterocycles. The number of benzene rings is 3. The molecule has 3 rings (SSSR count). The van der Waals surface area contributed by atoms with Gasteiger partial charge in [-0.3, -0.25) is 0 Å². The van der Waals surface area contributed by atoms with Crippen LogP contribution in [0, 0.1) is 0 Å². The molecular formula is C23H24N2OS. The molecule has 0 radical (unpaired) electrons. The second-order valence-corrected chi connectivity index (χ2v) is 6.87. The Bertz CT molecular complexity index is 824. The summed E-state index contributed by atoms with van der Waals surface area (Å²) in [5.41, 5.74) is 3.36. The number of hydrogen-bond donors (Lipinski definition) is 0. The molecule has 0 saturated carbocycles. The van der Waals surface area contributed by atoms with E-state index in [9.17, 15) is 0 Å². The molecule has 3 aromatic rings. The fourth-order valence-electron chi connectivity index (χ4n) is 2.87. The van der Waals surface area contributed by atoms with Crippen LogP contribution < -0.4 is 4.74 Å². The molecule has 3 nitrogen and oxygen atoms in total. The average molecular weight is 377 g/mol. The van der Waals surface area contributed by atoms with Gasteiger partial charge in [-0.05, 0) is 29.5 Å². The number of rotatable bonds is 6. The third-order valence-electron chi connectivity index (χ3n) is 4.19. The van der Waals surface area contributed by atoms with Gasteiger partial charge >= 0.3 is 0 Å². The average Bonchev–Trinajstić information content (AvgIpc) is 2.73. The minimum absolute atomic E-state index is 0.781. The SMILES string of the molecule is COc1ccccc1N=C(SC)N(Cc1ccccc1)Cc1ccccc1. The van der Waals surface area contributed by atoms with Gasteiger partial charge in [-0.25, -0.2) is 4.99 Å². The number of amidine groups is 1. The summed E-state index contributed by atoms with van der Waals surface area (Å²) < 4.78 is 5.47. The fraction of sp³-hybridized carbons (Fsp3) is 0.174. The van der Waals surface area contributed by atoms with Crippen molar-refractivity contribution in [2.24, 2.45) is 4.99 Å². The predicted molar refractivity (Wildman–Crippen MR) is 116 cm³/mol. The van der Waals surface area contributed by atoms with Crippen molar-refractivity contribution in [1.29, 1.82) is 0 Å². The summed E-state index contributed by atoms with van der Waals surface area (Å²) in [6, 6.07) is 28.9. The lowest BCUT2D eigenvalue weighted by atomic mass is 10.2. The Kier molecular flexibility index (Phi) is 6.94. The minimum Gasteiger partial charge on any atom is -0.494 e. The van der Waals surface area contributed by atoms with Crippen molar-refractivity contribution in [2.75, 3.05) is 13.4 Å². The highest BCUT2D eigenvalue weighted by atomic mass is 32.2. The molecule has 0 aromatic heterocycles. The van der Waals surface area contributed by atoms with E-state index in [1.807, 2.05) is 36.4 Å². The zero-order valence-electron chi connectivity index (χ0n) is 15.7. The lowest BCUT2D eigenvalue weighted by Crippen LogP contribution is -2.27. The Morgan fingerprint density at radius 1 is 0.815 bits per heavy atom. The van der Waals surface area contributed by atoms with Gasteiger partial charge in [0.15, 0.2) is 5.17 Å². The highest BCUT2D eigenvalue weighted by Gasteiger charge is 2.13. The number of thioether (sulfide) groups is 1. The first-order valence-electron chi connectivity index (χ1n) is 8.88. The van der Waals surface area contributed by atoms with Gasteiger partial charge in [-0.2, -0.15) is 0 Å². The van der Waals surface area contributed by atoms with Gasteiger partial charge in [0.25, 0.3) is 0 Å². The van der Waals surface area contributed by atoms with Crippen molar-refractivity contribution in [3.8, 4) is 5.75 Å². The van der Waals surface area contributed by atoms with Crippen LogP contribution in [-0.2, 0) is 13.1 Å². The highest BCUT2D eigenvalue weighted by Crippen LogP contribution is 2.28. The number of aliphatic imine (C=N–C) groups is 1. The zero-order valence-corrected chi connectivity index (χ0v) is 16.5. The summed E-state index contributed by atoms with van der Waals surface area (Å²) in [5.74, 6) is 0.781. The van der Waals surface area contributed by atoms with Crippen LogP contribution in [0.2, 0.25) is 0 Å². The Labute approximate surface area is 165 Å². The molecule has 27 heavy (non-hydrogen) atoms. The Balaban J connectivity index is 1.94. The largest absolute Gasteiger partial charge is 0.494 e. The van der Waals surface area contributed by atoms with Gasteiger partial charge in [-0.15, -0.1) is 0 Å². The second-order valence-electron chi connectivity index (χ2n) is 6.10. The smallest absolute Gasteiger partial charge is 0.164 e. The Hall–Kier alpha value is -2.72. The van der Waals surface area contributed by atoms with Crippen LogP contribution >= 0.6 is 11.8 Å². The van der Waals surface area contributed by atoms with Crippen molar-refractivity contribution < 1.29 is 4.74 Å². The first-order valence-corrected chi connectivity index (χ1v) is 10.1. The van der Waals surface area contributed by atoms with E-state index in [-0.39, 0.29) is 0 Å². The summed E-state index contributed by atoms with van der Waals surface area (Å²) >= 11 is 1.65. The molecule has 0 amide bonds. The third kappa shape index (κ3) is 5.38. The van der Waals surface area contributed by atoms with E-state index >= 15 is 0 Å². The van der Waals surface area contributed by atoms with Crippen LogP contribution in [0.4, 0.5) is 5.69 Å². The van der Waals surface area contributed by atoms with Gasteiger partial charge in [0.05, 0.1) is 7.11 Å². The van der Waals surface area contributed by atoms with Gasteiger partial charge in [-0.1, -0.05) is 84.6 Å². The van der Waals surface area contributed by atoms with Crippen LogP contribution in [0.5, 0.6) is 5.75 Å². The topological polar surface area (TPSA) is 24.8 Å². The standard InChI is InChI=1S/C23H24N2OS/c1-26-22-16-10-9-15-21(22)24-23(27-2)25(17-19-11-5-3-6-12-19)18-20-13-7-4-8-14-20/h3-16H,17-18H2,1-2H3. The van der Waals surface area contributed by atoms with E-state index in [1.54, 1.807) is 18.9 Å². The van der Waals surface area contributed by atoms with Crippen LogP contribution in [0.3, 0.4) is 0 Å². The predicted octanol–water partition coefficient (Wildman–Crippen LogP) is 5.75. The quantitative estimate of drug-likeness (QED) is 0.405. The van der Waals surface area contributed by atoms with E-state index in [0.717, 1.165) is 29.7 Å². The summed E-state index contributed by atoms with van der Waals surface area (Å²) in [5, 5.41) is 0.965. The molecule has 0 N–H and O–H groups in total. The first-order chi connectivity index (χ1) is 13.3. The number of nitrogens with zero attached hydrogens (tertiary/aromatic N) is 2. The molecule has 0 saturated heterocycles.